The van der Waals surface area contributed by atoms with Crippen LogP contribution < -0.4 is 4.74 Å². The van der Waals surface area contributed by atoms with E-state index in [9.17, 15) is 8.42 Å². The van der Waals surface area contributed by atoms with Gasteiger partial charge in [-0.25, -0.2) is 13.4 Å². The molecule has 0 saturated carbocycles. The highest BCUT2D eigenvalue weighted by Crippen LogP contribution is 2.36. The van der Waals surface area contributed by atoms with Gasteiger partial charge in [-0.2, -0.15) is 4.31 Å². The fraction of sp³-hybridized carbons (Fsp3) is 0.263. The molecule has 8 heteroatoms. The lowest BCUT2D eigenvalue weighted by molar-refractivity contribution is 0.385. The molecule has 1 unspecified atom stereocenters. The molecule has 0 spiro atoms. The van der Waals surface area contributed by atoms with Crippen molar-refractivity contribution in [1.29, 1.82) is 0 Å². The number of H-pyrrole nitrogens is 1. The van der Waals surface area contributed by atoms with Crippen molar-refractivity contribution in [2.75, 3.05) is 13.7 Å². The van der Waals surface area contributed by atoms with Crippen LogP contribution in [0.3, 0.4) is 0 Å². The van der Waals surface area contributed by atoms with E-state index in [0.29, 0.717) is 12.4 Å². The topological polar surface area (TPSA) is 88.2 Å². The number of benzene rings is 1. The monoisotopic (exact) mass is 384 g/mol. The van der Waals surface area contributed by atoms with Gasteiger partial charge in [-0.1, -0.05) is 12.1 Å². The molecule has 3 heterocycles. The molecule has 3 aromatic rings. The van der Waals surface area contributed by atoms with E-state index in [1.54, 1.807) is 31.6 Å². The number of imidazole rings is 1. The lowest BCUT2D eigenvalue weighted by Crippen LogP contribution is -2.31. The van der Waals surface area contributed by atoms with Gasteiger partial charge in [-0.05, 0) is 37.1 Å². The number of sulfonamides is 1. The Bertz CT molecular complexity index is 1030. The van der Waals surface area contributed by atoms with Crippen molar-refractivity contribution in [3.8, 4) is 17.0 Å². The van der Waals surface area contributed by atoms with Crippen molar-refractivity contribution in [1.82, 2.24) is 19.3 Å². The van der Waals surface area contributed by atoms with E-state index in [1.165, 1.54) is 10.5 Å². The lowest BCUT2D eigenvalue weighted by atomic mass is 10.1. The first-order valence-corrected chi connectivity index (χ1v) is 10.1. The summed E-state index contributed by atoms with van der Waals surface area (Å²) >= 11 is 0. The molecule has 1 fully saturated rings. The van der Waals surface area contributed by atoms with Crippen molar-refractivity contribution in [2.45, 2.75) is 23.8 Å². The zero-order valence-electron chi connectivity index (χ0n) is 14.9. The Balaban J connectivity index is 1.64. The third-order valence-electron chi connectivity index (χ3n) is 4.74. The fourth-order valence-corrected chi connectivity index (χ4v) is 5.00. The van der Waals surface area contributed by atoms with E-state index in [-0.39, 0.29) is 10.9 Å². The van der Waals surface area contributed by atoms with E-state index in [1.807, 2.05) is 24.3 Å². The van der Waals surface area contributed by atoms with Gasteiger partial charge in [-0.15, -0.1) is 0 Å². The molecule has 0 bridgehead atoms. The maximum atomic E-state index is 13.0. The second-order valence-electron chi connectivity index (χ2n) is 6.38. The van der Waals surface area contributed by atoms with E-state index >= 15 is 0 Å². The second-order valence-corrected chi connectivity index (χ2v) is 8.27. The number of aromatic amines is 1. The maximum absolute atomic E-state index is 13.0. The summed E-state index contributed by atoms with van der Waals surface area (Å²) in [6.45, 7) is 0.469. The second kappa shape index (κ2) is 7.13. The molecule has 7 nitrogen and oxygen atoms in total. The number of ether oxygens (including phenoxy) is 1. The van der Waals surface area contributed by atoms with E-state index in [2.05, 4.69) is 15.0 Å². The Morgan fingerprint density at radius 2 is 2.11 bits per heavy atom. The summed E-state index contributed by atoms with van der Waals surface area (Å²) in [5.74, 6) is 1.41. The van der Waals surface area contributed by atoms with Crippen molar-refractivity contribution < 1.29 is 13.2 Å². The molecule has 1 N–H and O–H groups in total. The van der Waals surface area contributed by atoms with Crippen molar-refractivity contribution in [3.63, 3.8) is 0 Å². The summed E-state index contributed by atoms with van der Waals surface area (Å²) in [6, 6.07) is 10.5. The molecular weight excluding hydrogens is 364 g/mol. The number of hydrogen-bond acceptors (Lipinski definition) is 5. The minimum Gasteiger partial charge on any atom is -0.497 e. The smallest absolute Gasteiger partial charge is 0.245 e. The molecule has 4 rings (SSSR count). The van der Waals surface area contributed by atoms with Gasteiger partial charge in [0.15, 0.2) is 0 Å². The third kappa shape index (κ3) is 3.33. The van der Waals surface area contributed by atoms with Crippen LogP contribution in [0.15, 0.2) is 59.9 Å². The summed E-state index contributed by atoms with van der Waals surface area (Å²) in [6.07, 6.45) is 6.20. The highest BCUT2D eigenvalue weighted by Gasteiger charge is 2.37. The molecule has 2 aromatic heterocycles. The molecule has 0 radical (unpaired) electrons. The largest absolute Gasteiger partial charge is 0.497 e. The van der Waals surface area contributed by atoms with Crippen LogP contribution in [0, 0.1) is 0 Å². The van der Waals surface area contributed by atoms with Crippen LogP contribution >= 0.6 is 0 Å². The first kappa shape index (κ1) is 17.7. The van der Waals surface area contributed by atoms with Crippen LogP contribution in [0.25, 0.3) is 11.3 Å². The predicted molar refractivity (Wildman–Crippen MR) is 101 cm³/mol. The quantitative estimate of drug-likeness (QED) is 0.730. The first-order valence-electron chi connectivity index (χ1n) is 8.71. The van der Waals surface area contributed by atoms with E-state index < -0.39 is 10.0 Å². The summed E-state index contributed by atoms with van der Waals surface area (Å²) in [5.41, 5.74) is 1.77. The molecular formula is C19H20N4O3S. The molecule has 1 aromatic carbocycles. The number of pyridine rings is 1. The normalized spacial score (nSPS) is 17.9. The molecule has 140 valence electrons. The Morgan fingerprint density at radius 3 is 2.89 bits per heavy atom. The number of aromatic nitrogens is 3. The minimum absolute atomic E-state index is 0.205. The number of hydrogen-bond donors (Lipinski definition) is 1. The van der Waals surface area contributed by atoms with Gasteiger partial charge < -0.3 is 9.72 Å². The number of nitrogens with zero attached hydrogens (tertiary/aromatic N) is 3. The molecule has 1 atom stereocenters. The summed E-state index contributed by atoms with van der Waals surface area (Å²) in [7, 11) is -1.99. The zero-order valence-corrected chi connectivity index (χ0v) is 15.7. The van der Waals surface area contributed by atoms with E-state index in [0.717, 1.165) is 29.8 Å². The summed E-state index contributed by atoms with van der Waals surface area (Å²) in [4.78, 5) is 11.9. The first-order chi connectivity index (χ1) is 13.1. The van der Waals surface area contributed by atoms with Gasteiger partial charge >= 0.3 is 0 Å². The summed E-state index contributed by atoms with van der Waals surface area (Å²) in [5, 5.41) is 0. The van der Waals surface area contributed by atoms with E-state index in [4.69, 9.17) is 4.74 Å². The van der Waals surface area contributed by atoms with Crippen LogP contribution in [0.4, 0.5) is 0 Å². The van der Waals surface area contributed by atoms with Gasteiger partial charge in [-0.3, -0.25) is 4.98 Å². The molecule has 0 amide bonds. The van der Waals surface area contributed by atoms with Crippen LogP contribution in [0.5, 0.6) is 5.75 Å². The number of nitrogens with one attached hydrogen (secondary N) is 1. The SMILES string of the molecule is COc1cccc(-c2cnc(C3CCCN3S(=O)(=O)c3cccnc3)[nH]2)c1. The summed E-state index contributed by atoms with van der Waals surface area (Å²) < 4.78 is 32.8. The average molecular weight is 384 g/mol. The molecule has 1 saturated heterocycles. The van der Waals surface area contributed by atoms with Gasteiger partial charge in [0, 0.05) is 24.5 Å². The third-order valence-corrected chi connectivity index (χ3v) is 6.63. The van der Waals surface area contributed by atoms with Crippen LogP contribution in [-0.2, 0) is 10.0 Å². The Labute approximate surface area is 158 Å². The molecule has 0 aliphatic carbocycles. The Kier molecular flexibility index (Phi) is 4.67. The van der Waals surface area contributed by atoms with Crippen LogP contribution in [-0.4, -0.2) is 41.3 Å². The highest BCUT2D eigenvalue weighted by molar-refractivity contribution is 7.89. The number of rotatable bonds is 5. The van der Waals surface area contributed by atoms with Crippen LogP contribution in [0.1, 0.15) is 24.7 Å². The molecule has 1 aliphatic rings. The number of methoxy groups -OCH3 is 1. The van der Waals surface area contributed by atoms with Gasteiger partial charge in [0.05, 0.1) is 25.0 Å². The van der Waals surface area contributed by atoms with Gasteiger partial charge in [0.25, 0.3) is 0 Å². The highest BCUT2D eigenvalue weighted by atomic mass is 32.2. The molecule has 1 aliphatic heterocycles. The lowest BCUT2D eigenvalue weighted by Gasteiger charge is -2.22. The van der Waals surface area contributed by atoms with Gasteiger partial charge in [0.1, 0.15) is 16.5 Å². The average Bonchev–Trinajstić information content (AvgIpc) is 3.38. The molecule has 27 heavy (non-hydrogen) atoms. The standard InChI is InChI=1S/C19H20N4O3S/c1-26-15-6-2-5-14(11-15)17-13-21-19(22-17)18-8-4-10-23(18)27(24,25)16-7-3-9-20-12-16/h2-3,5-7,9,11-13,18H,4,8,10H2,1H3,(H,21,22). The zero-order chi connectivity index (χ0) is 18.9. The minimum atomic E-state index is -3.61. The van der Waals surface area contributed by atoms with Crippen molar-refractivity contribution >= 4 is 10.0 Å². The fourth-order valence-electron chi connectivity index (χ4n) is 3.38. The predicted octanol–water partition coefficient (Wildman–Crippen LogP) is 3.01. The Hall–Kier alpha value is -2.71. The Morgan fingerprint density at radius 1 is 1.22 bits per heavy atom. The maximum Gasteiger partial charge on any atom is 0.245 e. The van der Waals surface area contributed by atoms with Gasteiger partial charge in [0.2, 0.25) is 10.0 Å². The van der Waals surface area contributed by atoms with Crippen LogP contribution in [0.2, 0.25) is 0 Å². The van der Waals surface area contributed by atoms with Crippen molar-refractivity contribution in [3.05, 3.63) is 60.8 Å². The van der Waals surface area contributed by atoms with Crippen molar-refractivity contribution in [2.24, 2.45) is 0 Å².